The van der Waals surface area contributed by atoms with Crippen LogP contribution in [0.25, 0.3) is 10.9 Å². The molecule has 2 N–H and O–H groups in total. The Morgan fingerprint density at radius 3 is 2.71 bits per heavy atom. The van der Waals surface area contributed by atoms with E-state index in [1.807, 2.05) is 73.7 Å². The van der Waals surface area contributed by atoms with Crippen LogP contribution in [0.1, 0.15) is 10.4 Å². The molecule has 0 aliphatic carbocycles. The molecule has 106 valence electrons. The highest BCUT2D eigenvalue weighted by Gasteiger charge is 2.12. The van der Waals surface area contributed by atoms with Gasteiger partial charge in [0.2, 0.25) is 0 Å². The SMILES string of the molecule is CN(C)c1ccccc1C(=O)Nc1ccc2[nH]ccc2c1. The van der Waals surface area contributed by atoms with Crippen molar-refractivity contribution in [3.8, 4) is 0 Å². The van der Waals surface area contributed by atoms with Gasteiger partial charge in [-0.2, -0.15) is 0 Å². The molecule has 0 bridgehead atoms. The summed E-state index contributed by atoms with van der Waals surface area (Å²) in [5, 5.41) is 4.03. The van der Waals surface area contributed by atoms with Gasteiger partial charge in [-0.05, 0) is 36.4 Å². The van der Waals surface area contributed by atoms with E-state index in [2.05, 4.69) is 10.3 Å². The number of aromatic amines is 1. The Balaban J connectivity index is 1.89. The van der Waals surface area contributed by atoms with E-state index < -0.39 is 0 Å². The third-order valence-electron chi connectivity index (χ3n) is 3.44. The molecule has 0 aliphatic heterocycles. The van der Waals surface area contributed by atoms with Gasteiger partial charge in [-0.15, -0.1) is 0 Å². The molecule has 0 saturated carbocycles. The lowest BCUT2D eigenvalue weighted by atomic mass is 10.1. The molecular formula is C17H17N3O. The van der Waals surface area contributed by atoms with Crippen LogP contribution in [-0.2, 0) is 0 Å². The van der Waals surface area contributed by atoms with E-state index in [1.165, 1.54) is 0 Å². The Bertz CT molecular complexity index is 789. The molecular weight excluding hydrogens is 262 g/mol. The van der Waals surface area contributed by atoms with Crippen LogP contribution < -0.4 is 10.2 Å². The molecule has 3 aromatic rings. The number of rotatable bonds is 3. The molecule has 1 heterocycles. The van der Waals surface area contributed by atoms with Crippen molar-refractivity contribution in [1.29, 1.82) is 0 Å². The Morgan fingerprint density at radius 2 is 1.90 bits per heavy atom. The predicted molar refractivity (Wildman–Crippen MR) is 87.0 cm³/mol. The van der Waals surface area contributed by atoms with E-state index in [0.717, 1.165) is 22.3 Å². The Kier molecular flexibility index (Phi) is 3.36. The Morgan fingerprint density at radius 1 is 1.10 bits per heavy atom. The summed E-state index contributed by atoms with van der Waals surface area (Å²) in [6.07, 6.45) is 1.89. The van der Waals surface area contributed by atoms with Crippen LogP contribution in [0.4, 0.5) is 11.4 Å². The third kappa shape index (κ3) is 2.60. The number of amides is 1. The number of H-pyrrole nitrogens is 1. The van der Waals surface area contributed by atoms with Crippen molar-refractivity contribution in [3.63, 3.8) is 0 Å². The number of nitrogens with one attached hydrogen (secondary N) is 2. The molecule has 0 radical (unpaired) electrons. The van der Waals surface area contributed by atoms with Gasteiger partial charge in [0.25, 0.3) is 5.91 Å². The smallest absolute Gasteiger partial charge is 0.257 e. The molecule has 2 aromatic carbocycles. The van der Waals surface area contributed by atoms with Crippen molar-refractivity contribution in [3.05, 3.63) is 60.3 Å². The zero-order valence-electron chi connectivity index (χ0n) is 12.1. The van der Waals surface area contributed by atoms with Crippen LogP contribution in [0, 0.1) is 0 Å². The second kappa shape index (κ2) is 5.32. The van der Waals surface area contributed by atoms with Crippen molar-refractivity contribution in [2.24, 2.45) is 0 Å². The number of carbonyl (C=O) groups is 1. The first kappa shape index (κ1) is 13.2. The summed E-state index contributed by atoms with van der Waals surface area (Å²) in [6, 6.07) is 15.4. The van der Waals surface area contributed by atoms with Gasteiger partial charge in [-0.25, -0.2) is 0 Å². The number of hydrogen-bond donors (Lipinski definition) is 2. The number of carbonyl (C=O) groups excluding carboxylic acids is 1. The van der Waals surface area contributed by atoms with Crippen LogP contribution in [0.15, 0.2) is 54.7 Å². The number of aromatic nitrogens is 1. The molecule has 0 atom stereocenters. The summed E-state index contributed by atoms with van der Waals surface area (Å²) in [5.74, 6) is -0.103. The molecule has 0 fully saturated rings. The van der Waals surface area contributed by atoms with E-state index in [1.54, 1.807) is 0 Å². The maximum Gasteiger partial charge on any atom is 0.257 e. The maximum absolute atomic E-state index is 12.5. The van der Waals surface area contributed by atoms with Gasteiger partial charge in [-0.1, -0.05) is 12.1 Å². The second-order valence-corrected chi connectivity index (χ2v) is 5.15. The molecule has 0 unspecified atom stereocenters. The zero-order valence-corrected chi connectivity index (χ0v) is 12.1. The van der Waals surface area contributed by atoms with Gasteiger partial charge < -0.3 is 15.2 Å². The molecule has 1 aromatic heterocycles. The van der Waals surface area contributed by atoms with Crippen molar-refractivity contribution in [2.45, 2.75) is 0 Å². The van der Waals surface area contributed by atoms with Crippen molar-refractivity contribution in [2.75, 3.05) is 24.3 Å². The minimum atomic E-state index is -0.103. The first-order valence-electron chi connectivity index (χ1n) is 6.80. The van der Waals surface area contributed by atoms with Gasteiger partial charge in [0.1, 0.15) is 0 Å². The topological polar surface area (TPSA) is 48.1 Å². The molecule has 21 heavy (non-hydrogen) atoms. The molecule has 1 amide bonds. The monoisotopic (exact) mass is 279 g/mol. The van der Waals surface area contributed by atoms with Gasteiger partial charge >= 0.3 is 0 Å². The summed E-state index contributed by atoms with van der Waals surface area (Å²) in [4.78, 5) is 17.5. The summed E-state index contributed by atoms with van der Waals surface area (Å²) < 4.78 is 0. The van der Waals surface area contributed by atoms with Crippen LogP contribution in [0.5, 0.6) is 0 Å². The Labute approximate surface area is 123 Å². The quantitative estimate of drug-likeness (QED) is 0.771. The van der Waals surface area contributed by atoms with Gasteiger partial charge in [0, 0.05) is 42.6 Å². The van der Waals surface area contributed by atoms with Crippen molar-refractivity contribution < 1.29 is 4.79 Å². The lowest BCUT2D eigenvalue weighted by molar-refractivity contribution is 0.102. The van der Waals surface area contributed by atoms with Crippen molar-refractivity contribution in [1.82, 2.24) is 4.98 Å². The van der Waals surface area contributed by atoms with Crippen LogP contribution in [0.2, 0.25) is 0 Å². The summed E-state index contributed by atoms with van der Waals surface area (Å²) in [6.45, 7) is 0. The lowest BCUT2D eigenvalue weighted by Gasteiger charge is -2.17. The fourth-order valence-electron chi connectivity index (χ4n) is 2.39. The summed E-state index contributed by atoms with van der Waals surface area (Å²) in [5.41, 5.74) is 3.41. The second-order valence-electron chi connectivity index (χ2n) is 5.15. The fraction of sp³-hybridized carbons (Fsp3) is 0.118. The first-order valence-corrected chi connectivity index (χ1v) is 6.80. The number of nitrogens with zero attached hydrogens (tertiary/aromatic N) is 1. The van der Waals surface area contributed by atoms with Crippen LogP contribution in [-0.4, -0.2) is 25.0 Å². The zero-order chi connectivity index (χ0) is 14.8. The lowest BCUT2D eigenvalue weighted by Crippen LogP contribution is -2.18. The van der Waals surface area contributed by atoms with E-state index in [9.17, 15) is 4.79 Å². The first-order chi connectivity index (χ1) is 10.1. The predicted octanol–water partition coefficient (Wildman–Crippen LogP) is 3.49. The number of fused-ring (bicyclic) bond motifs is 1. The number of para-hydroxylation sites is 1. The highest BCUT2D eigenvalue weighted by atomic mass is 16.1. The van der Waals surface area contributed by atoms with Crippen LogP contribution in [0.3, 0.4) is 0 Å². The standard InChI is InChI=1S/C17H17N3O/c1-20(2)16-6-4-3-5-14(16)17(21)19-13-7-8-15-12(11-13)9-10-18-15/h3-11,18H,1-2H3,(H,19,21). The molecule has 0 aliphatic rings. The van der Waals surface area contributed by atoms with E-state index in [0.29, 0.717) is 5.56 Å². The number of anilines is 2. The molecule has 0 spiro atoms. The summed E-state index contributed by atoms with van der Waals surface area (Å²) in [7, 11) is 3.86. The number of benzene rings is 2. The Hall–Kier alpha value is -2.75. The van der Waals surface area contributed by atoms with Gasteiger partial charge in [-0.3, -0.25) is 4.79 Å². The van der Waals surface area contributed by atoms with E-state index in [-0.39, 0.29) is 5.91 Å². The number of hydrogen-bond acceptors (Lipinski definition) is 2. The normalized spacial score (nSPS) is 10.6. The molecule has 4 nitrogen and oxygen atoms in total. The minimum absolute atomic E-state index is 0.103. The van der Waals surface area contributed by atoms with Crippen molar-refractivity contribution >= 4 is 28.2 Å². The van der Waals surface area contributed by atoms with Gasteiger partial charge in [0.15, 0.2) is 0 Å². The highest BCUT2D eigenvalue weighted by Crippen LogP contribution is 2.21. The average Bonchev–Trinajstić information content (AvgIpc) is 2.94. The third-order valence-corrected chi connectivity index (χ3v) is 3.44. The molecule has 4 heteroatoms. The average molecular weight is 279 g/mol. The van der Waals surface area contributed by atoms with E-state index in [4.69, 9.17) is 0 Å². The molecule has 3 rings (SSSR count). The maximum atomic E-state index is 12.5. The summed E-state index contributed by atoms with van der Waals surface area (Å²) >= 11 is 0. The van der Waals surface area contributed by atoms with E-state index >= 15 is 0 Å². The highest BCUT2D eigenvalue weighted by molar-refractivity contribution is 6.08. The minimum Gasteiger partial charge on any atom is -0.377 e. The largest absolute Gasteiger partial charge is 0.377 e. The fourth-order valence-corrected chi connectivity index (χ4v) is 2.39. The van der Waals surface area contributed by atoms with Crippen LogP contribution >= 0.6 is 0 Å². The molecule has 0 saturated heterocycles. The van der Waals surface area contributed by atoms with Gasteiger partial charge in [0.05, 0.1) is 5.56 Å².